The van der Waals surface area contributed by atoms with Crippen molar-refractivity contribution in [3.8, 4) is 0 Å². The van der Waals surface area contributed by atoms with E-state index in [1.807, 2.05) is 0 Å². The van der Waals surface area contributed by atoms with Crippen molar-refractivity contribution in [2.45, 2.75) is 31.9 Å². The minimum Gasteiger partial charge on any atom is -0.363 e. The Kier molecular flexibility index (Phi) is 3.58. The molecule has 1 unspecified atom stereocenters. The maximum atomic E-state index is 5.65. The average Bonchev–Trinajstić information content (AvgIpc) is 2.21. The van der Waals surface area contributed by atoms with Crippen LogP contribution in [0.4, 0.5) is 0 Å². The molecule has 0 aromatic heterocycles. The largest absolute Gasteiger partial charge is 0.363 e. The third-order valence-electron chi connectivity index (χ3n) is 3.02. The van der Waals surface area contributed by atoms with Crippen LogP contribution in [0.2, 0.25) is 0 Å². The number of hydrogen-bond acceptors (Lipinski definition) is 3. The lowest BCUT2D eigenvalue weighted by Crippen LogP contribution is -2.41. The van der Waals surface area contributed by atoms with Crippen molar-refractivity contribution in [3.63, 3.8) is 0 Å². The summed E-state index contributed by atoms with van der Waals surface area (Å²) < 4.78 is 5.65. The second-order valence-corrected chi connectivity index (χ2v) is 4.10. The lowest BCUT2D eigenvalue weighted by Gasteiger charge is -2.30. The van der Waals surface area contributed by atoms with Crippen LogP contribution in [0.1, 0.15) is 25.7 Å². The summed E-state index contributed by atoms with van der Waals surface area (Å²) in [5.74, 6) is 0.872. The number of nitrogens with one attached hydrogen (secondary N) is 2. The van der Waals surface area contributed by atoms with Crippen molar-refractivity contribution in [3.05, 3.63) is 0 Å². The fraction of sp³-hybridized carbons (Fsp3) is 1.00. The molecule has 13 heavy (non-hydrogen) atoms. The smallest absolute Gasteiger partial charge is 0.108 e. The van der Waals surface area contributed by atoms with Crippen LogP contribution >= 0.6 is 0 Å². The first-order valence-corrected chi connectivity index (χ1v) is 5.51. The first-order chi connectivity index (χ1) is 6.45. The summed E-state index contributed by atoms with van der Waals surface area (Å²) in [7, 11) is 0. The van der Waals surface area contributed by atoms with Gasteiger partial charge in [-0.25, -0.2) is 0 Å². The van der Waals surface area contributed by atoms with E-state index in [1.54, 1.807) is 0 Å². The Morgan fingerprint density at radius 1 is 1.15 bits per heavy atom. The maximum absolute atomic E-state index is 5.65. The molecule has 0 aromatic rings. The van der Waals surface area contributed by atoms with Crippen molar-refractivity contribution < 1.29 is 4.74 Å². The average molecular weight is 184 g/mol. The summed E-state index contributed by atoms with van der Waals surface area (Å²) in [5, 5.41) is 6.81. The number of piperidine rings is 1. The molecule has 2 rings (SSSR count). The number of hydrogen-bond donors (Lipinski definition) is 2. The SMILES string of the molecule is C1CNC(CC2CCNCC2)OC1. The predicted molar refractivity (Wildman–Crippen MR) is 52.6 cm³/mol. The molecule has 2 fully saturated rings. The summed E-state index contributed by atoms with van der Waals surface area (Å²) in [5.41, 5.74) is 0. The molecular weight excluding hydrogens is 164 g/mol. The standard InChI is InChI=1S/C10H20N2O/c1-4-12-10(13-7-1)8-9-2-5-11-6-3-9/h9-12H,1-8H2. The van der Waals surface area contributed by atoms with Crippen LogP contribution in [0.3, 0.4) is 0 Å². The quantitative estimate of drug-likeness (QED) is 0.663. The third kappa shape index (κ3) is 2.93. The van der Waals surface area contributed by atoms with E-state index in [2.05, 4.69) is 10.6 Å². The van der Waals surface area contributed by atoms with Gasteiger partial charge in [-0.1, -0.05) is 0 Å². The van der Waals surface area contributed by atoms with Gasteiger partial charge in [-0.15, -0.1) is 0 Å². The van der Waals surface area contributed by atoms with Crippen LogP contribution in [0.25, 0.3) is 0 Å². The Labute approximate surface area is 80.2 Å². The van der Waals surface area contributed by atoms with E-state index in [4.69, 9.17) is 4.74 Å². The first-order valence-electron chi connectivity index (χ1n) is 5.51. The van der Waals surface area contributed by atoms with Crippen molar-refractivity contribution >= 4 is 0 Å². The number of rotatable bonds is 2. The maximum Gasteiger partial charge on any atom is 0.108 e. The van der Waals surface area contributed by atoms with Gasteiger partial charge < -0.3 is 10.1 Å². The van der Waals surface area contributed by atoms with Crippen molar-refractivity contribution in [1.82, 2.24) is 10.6 Å². The van der Waals surface area contributed by atoms with Gasteiger partial charge in [-0.05, 0) is 51.2 Å². The zero-order valence-electron chi connectivity index (χ0n) is 8.22. The fourth-order valence-corrected chi connectivity index (χ4v) is 2.19. The van der Waals surface area contributed by atoms with E-state index < -0.39 is 0 Å². The summed E-state index contributed by atoms with van der Waals surface area (Å²) in [4.78, 5) is 0. The van der Waals surface area contributed by atoms with Gasteiger partial charge in [0.2, 0.25) is 0 Å². The Balaban J connectivity index is 1.69. The Morgan fingerprint density at radius 2 is 2.00 bits per heavy atom. The zero-order chi connectivity index (χ0) is 8.93. The van der Waals surface area contributed by atoms with Crippen LogP contribution in [0.5, 0.6) is 0 Å². The van der Waals surface area contributed by atoms with E-state index >= 15 is 0 Å². The second kappa shape index (κ2) is 4.94. The summed E-state index contributed by atoms with van der Waals surface area (Å²) in [6.07, 6.45) is 5.37. The predicted octanol–water partition coefficient (Wildman–Crippen LogP) is 0.712. The van der Waals surface area contributed by atoms with Crippen LogP contribution in [0, 0.1) is 5.92 Å². The topological polar surface area (TPSA) is 33.3 Å². The lowest BCUT2D eigenvalue weighted by molar-refractivity contribution is -0.0156. The molecule has 3 nitrogen and oxygen atoms in total. The molecule has 0 radical (unpaired) electrons. The van der Waals surface area contributed by atoms with Gasteiger partial charge in [0.1, 0.15) is 6.23 Å². The monoisotopic (exact) mass is 184 g/mol. The highest BCUT2D eigenvalue weighted by atomic mass is 16.5. The Bertz CT molecular complexity index is 124. The Hall–Kier alpha value is -0.120. The molecule has 2 aliphatic heterocycles. The van der Waals surface area contributed by atoms with Gasteiger partial charge in [0.15, 0.2) is 0 Å². The van der Waals surface area contributed by atoms with Crippen molar-refractivity contribution in [2.24, 2.45) is 5.92 Å². The van der Waals surface area contributed by atoms with E-state index in [9.17, 15) is 0 Å². The minimum atomic E-state index is 0.344. The van der Waals surface area contributed by atoms with E-state index in [1.165, 1.54) is 38.8 Å². The summed E-state index contributed by atoms with van der Waals surface area (Å²) in [6.45, 7) is 4.47. The van der Waals surface area contributed by atoms with Gasteiger partial charge in [0.25, 0.3) is 0 Å². The molecule has 0 saturated carbocycles. The van der Waals surface area contributed by atoms with Gasteiger partial charge in [-0.2, -0.15) is 0 Å². The molecule has 3 heteroatoms. The molecule has 1 atom stereocenters. The van der Waals surface area contributed by atoms with Crippen molar-refractivity contribution in [1.29, 1.82) is 0 Å². The first kappa shape index (κ1) is 9.44. The summed E-state index contributed by atoms with van der Waals surface area (Å²) >= 11 is 0. The zero-order valence-corrected chi connectivity index (χ0v) is 8.22. The highest BCUT2D eigenvalue weighted by molar-refractivity contribution is 4.73. The molecule has 0 amide bonds. The van der Waals surface area contributed by atoms with Gasteiger partial charge >= 0.3 is 0 Å². The second-order valence-electron chi connectivity index (χ2n) is 4.10. The van der Waals surface area contributed by atoms with Crippen LogP contribution in [-0.4, -0.2) is 32.5 Å². The highest BCUT2D eigenvalue weighted by Gasteiger charge is 2.20. The van der Waals surface area contributed by atoms with E-state index in [-0.39, 0.29) is 0 Å². The molecule has 76 valence electrons. The van der Waals surface area contributed by atoms with E-state index in [0.29, 0.717) is 6.23 Å². The molecule has 2 heterocycles. The van der Waals surface area contributed by atoms with Crippen LogP contribution in [0.15, 0.2) is 0 Å². The minimum absolute atomic E-state index is 0.344. The summed E-state index contributed by atoms with van der Waals surface area (Å²) in [6, 6.07) is 0. The molecular formula is C10H20N2O. The number of ether oxygens (including phenoxy) is 1. The molecule has 2 saturated heterocycles. The van der Waals surface area contributed by atoms with Gasteiger partial charge in [0.05, 0.1) is 0 Å². The Morgan fingerprint density at radius 3 is 2.69 bits per heavy atom. The normalized spacial score (nSPS) is 31.8. The van der Waals surface area contributed by atoms with Crippen LogP contribution in [-0.2, 0) is 4.74 Å². The van der Waals surface area contributed by atoms with Crippen molar-refractivity contribution in [2.75, 3.05) is 26.2 Å². The molecule has 0 spiro atoms. The molecule has 0 aliphatic carbocycles. The van der Waals surface area contributed by atoms with Gasteiger partial charge in [0, 0.05) is 6.61 Å². The fourth-order valence-electron chi connectivity index (χ4n) is 2.19. The van der Waals surface area contributed by atoms with Crippen LogP contribution < -0.4 is 10.6 Å². The molecule has 2 N–H and O–H groups in total. The lowest BCUT2D eigenvalue weighted by atomic mass is 9.94. The molecule has 2 aliphatic rings. The molecule has 0 bridgehead atoms. The van der Waals surface area contributed by atoms with Gasteiger partial charge in [-0.3, -0.25) is 5.32 Å². The third-order valence-corrected chi connectivity index (χ3v) is 3.02. The highest BCUT2D eigenvalue weighted by Crippen LogP contribution is 2.19. The van der Waals surface area contributed by atoms with E-state index in [0.717, 1.165) is 19.1 Å². The molecule has 0 aromatic carbocycles.